The van der Waals surface area contributed by atoms with Gasteiger partial charge in [-0.1, -0.05) is 37.3 Å². The van der Waals surface area contributed by atoms with Gasteiger partial charge in [-0.2, -0.15) is 0 Å². The van der Waals surface area contributed by atoms with Crippen LogP contribution in [0.5, 0.6) is 5.75 Å². The summed E-state index contributed by atoms with van der Waals surface area (Å²) in [7, 11) is -2.09. The van der Waals surface area contributed by atoms with Gasteiger partial charge >= 0.3 is 0 Å². The van der Waals surface area contributed by atoms with Crippen molar-refractivity contribution in [1.29, 1.82) is 0 Å². The fraction of sp³-hybridized carbons (Fsp3) is 0.520. The van der Waals surface area contributed by atoms with Crippen molar-refractivity contribution in [2.45, 2.75) is 56.3 Å². The summed E-state index contributed by atoms with van der Waals surface area (Å²) in [4.78, 5) is 0.208. The zero-order chi connectivity index (χ0) is 22.8. The van der Waals surface area contributed by atoms with E-state index in [1.807, 2.05) is 12.1 Å². The lowest BCUT2D eigenvalue weighted by atomic mass is 9.96. The molecular weight excluding hydrogens is 444 g/mol. The van der Waals surface area contributed by atoms with E-state index in [2.05, 4.69) is 5.32 Å². The number of nitrogens with zero attached hydrogens (tertiary/aromatic N) is 1. The Kier molecular flexibility index (Phi) is 9.69. The molecule has 0 saturated carbocycles. The number of ether oxygens (including phenoxy) is 1. The summed E-state index contributed by atoms with van der Waals surface area (Å²) < 4.78 is 32.7. The van der Waals surface area contributed by atoms with Crippen molar-refractivity contribution in [2.75, 3.05) is 31.0 Å². The molecule has 0 bridgehead atoms. The SMILES string of the molecule is CN(c1ccc(OCCCCCCC2CCCCNC2)cc1)S(=O)(=O)c1ccc(Cl)cc1. The minimum Gasteiger partial charge on any atom is -0.494 e. The Hall–Kier alpha value is -1.76. The summed E-state index contributed by atoms with van der Waals surface area (Å²) >= 11 is 5.87. The topological polar surface area (TPSA) is 58.6 Å². The van der Waals surface area contributed by atoms with Crippen LogP contribution >= 0.6 is 11.6 Å². The number of unbranched alkanes of at least 4 members (excludes halogenated alkanes) is 3. The van der Waals surface area contributed by atoms with Gasteiger partial charge < -0.3 is 10.1 Å². The van der Waals surface area contributed by atoms with Gasteiger partial charge in [0, 0.05) is 12.1 Å². The Labute approximate surface area is 198 Å². The van der Waals surface area contributed by atoms with Crippen molar-refractivity contribution in [1.82, 2.24) is 5.32 Å². The van der Waals surface area contributed by atoms with Crippen LogP contribution in [0.4, 0.5) is 5.69 Å². The number of halogens is 1. The maximum Gasteiger partial charge on any atom is 0.264 e. The molecule has 0 aromatic heterocycles. The molecule has 2 aromatic carbocycles. The van der Waals surface area contributed by atoms with Crippen LogP contribution in [0.15, 0.2) is 53.4 Å². The zero-order valence-electron chi connectivity index (χ0n) is 18.9. The molecule has 7 heteroatoms. The molecule has 2 aromatic rings. The maximum absolute atomic E-state index is 12.8. The summed E-state index contributed by atoms with van der Waals surface area (Å²) in [5.41, 5.74) is 0.584. The molecule has 32 heavy (non-hydrogen) atoms. The average molecular weight is 479 g/mol. The molecular formula is C25H35ClN2O3S. The third kappa shape index (κ3) is 7.39. The van der Waals surface area contributed by atoms with E-state index in [1.165, 1.54) is 74.5 Å². The van der Waals surface area contributed by atoms with E-state index < -0.39 is 10.0 Å². The first kappa shape index (κ1) is 24.9. The van der Waals surface area contributed by atoms with E-state index in [1.54, 1.807) is 31.3 Å². The van der Waals surface area contributed by atoms with E-state index in [4.69, 9.17) is 16.3 Å². The van der Waals surface area contributed by atoms with E-state index in [9.17, 15) is 8.42 Å². The van der Waals surface area contributed by atoms with Crippen molar-refractivity contribution in [3.63, 3.8) is 0 Å². The Bertz CT molecular complexity index is 909. The van der Waals surface area contributed by atoms with Crippen LogP contribution in [0.25, 0.3) is 0 Å². The van der Waals surface area contributed by atoms with E-state index in [0.717, 1.165) is 18.1 Å². The Balaban J connectivity index is 1.37. The number of hydrogen-bond acceptors (Lipinski definition) is 4. The van der Waals surface area contributed by atoms with Gasteiger partial charge in [0.1, 0.15) is 5.75 Å². The molecule has 0 spiro atoms. The standard InChI is InChI=1S/C25H35ClN2O3S/c1-28(32(29,30)25-16-10-22(26)11-17-25)23-12-14-24(15-13-23)31-19-7-3-2-4-8-21-9-5-6-18-27-20-21/h10-17,21,27H,2-9,18-20H2,1H3. The summed E-state index contributed by atoms with van der Waals surface area (Å²) in [5, 5.41) is 4.05. The zero-order valence-corrected chi connectivity index (χ0v) is 20.5. The monoisotopic (exact) mass is 478 g/mol. The first-order chi connectivity index (χ1) is 15.5. The number of anilines is 1. The van der Waals surface area contributed by atoms with Crippen LogP contribution in [0.3, 0.4) is 0 Å². The second kappa shape index (κ2) is 12.5. The van der Waals surface area contributed by atoms with Crippen LogP contribution in [0.2, 0.25) is 5.02 Å². The van der Waals surface area contributed by atoms with Gasteiger partial charge in [-0.3, -0.25) is 4.31 Å². The molecule has 176 valence electrons. The lowest BCUT2D eigenvalue weighted by Crippen LogP contribution is -2.26. The second-order valence-corrected chi connectivity index (χ2v) is 10.9. The molecule has 1 unspecified atom stereocenters. The predicted octanol–water partition coefficient (Wildman–Crippen LogP) is 5.88. The molecule has 0 aliphatic carbocycles. The van der Waals surface area contributed by atoms with E-state index >= 15 is 0 Å². The molecule has 1 aliphatic rings. The van der Waals surface area contributed by atoms with Crippen molar-refractivity contribution in [2.24, 2.45) is 5.92 Å². The quantitative estimate of drug-likeness (QED) is 0.409. The molecule has 1 atom stereocenters. The summed E-state index contributed by atoms with van der Waals surface area (Å²) in [5.74, 6) is 1.62. The highest BCUT2D eigenvalue weighted by Crippen LogP contribution is 2.25. The van der Waals surface area contributed by atoms with Gasteiger partial charge in [-0.25, -0.2) is 8.42 Å². The third-order valence-corrected chi connectivity index (χ3v) is 8.15. The Morgan fingerprint density at radius 1 is 1.00 bits per heavy atom. The maximum atomic E-state index is 12.8. The number of rotatable bonds is 11. The molecule has 1 saturated heterocycles. The largest absolute Gasteiger partial charge is 0.494 e. The van der Waals surface area contributed by atoms with Crippen LogP contribution in [0, 0.1) is 5.92 Å². The number of nitrogens with one attached hydrogen (secondary N) is 1. The van der Waals surface area contributed by atoms with Crippen molar-refractivity contribution in [3.8, 4) is 5.75 Å². The molecule has 0 amide bonds. The molecule has 1 heterocycles. The first-order valence-electron chi connectivity index (χ1n) is 11.6. The summed E-state index contributed by atoms with van der Waals surface area (Å²) in [6.07, 6.45) is 10.2. The van der Waals surface area contributed by atoms with E-state index in [0.29, 0.717) is 17.3 Å². The average Bonchev–Trinajstić information content (AvgIpc) is 3.07. The molecule has 1 aliphatic heterocycles. The van der Waals surface area contributed by atoms with Gasteiger partial charge in [0.05, 0.1) is 17.2 Å². The van der Waals surface area contributed by atoms with Crippen LogP contribution < -0.4 is 14.4 Å². The lowest BCUT2D eigenvalue weighted by molar-refractivity contribution is 0.303. The Morgan fingerprint density at radius 3 is 2.47 bits per heavy atom. The summed E-state index contributed by atoms with van der Waals surface area (Å²) in [6.45, 7) is 3.06. The van der Waals surface area contributed by atoms with Crippen molar-refractivity contribution >= 4 is 27.3 Å². The van der Waals surface area contributed by atoms with Crippen molar-refractivity contribution < 1.29 is 13.2 Å². The van der Waals surface area contributed by atoms with Gasteiger partial charge in [0.15, 0.2) is 0 Å². The first-order valence-corrected chi connectivity index (χ1v) is 13.5. The second-order valence-electron chi connectivity index (χ2n) is 8.54. The molecule has 1 N–H and O–H groups in total. The molecule has 5 nitrogen and oxygen atoms in total. The highest BCUT2D eigenvalue weighted by Gasteiger charge is 2.21. The summed E-state index contributed by atoms with van der Waals surface area (Å²) in [6, 6.07) is 13.4. The third-order valence-electron chi connectivity index (χ3n) is 6.10. The van der Waals surface area contributed by atoms with Crippen molar-refractivity contribution in [3.05, 3.63) is 53.6 Å². The van der Waals surface area contributed by atoms with Gasteiger partial charge in [-0.05, 0) is 93.2 Å². The van der Waals surface area contributed by atoms with E-state index in [-0.39, 0.29) is 4.90 Å². The van der Waals surface area contributed by atoms with Gasteiger partial charge in [0.25, 0.3) is 10.0 Å². The smallest absolute Gasteiger partial charge is 0.264 e. The Morgan fingerprint density at radius 2 is 1.72 bits per heavy atom. The van der Waals surface area contributed by atoms with Crippen LogP contribution in [0.1, 0.15) is 51.4 Å². The minimum atomic E-state index is -3.63. The fourth-order valence-corrected chi connectivity index (χ4v) is 5.39. The minimum absolute atomic E-state index is 0.208. The number of hydrogen-bond donors (Lipinski definition) is 1. The van der Waals surface area contributed by atoms with Crippen LogP contribution in [-0.2, 0) is 10.0 Å². The van der Waals surface area contributed by atoms with Crippen LogP contribution in [-0.4, -0.2) is 35.2 Å². The lowest BCUT2D eigenvalue weighted by Gasteiger charge is -2.20. The van der Waals surface area contributed by atoms with Gasteiger partial charge in [-0.15, -0.1) is 0 Å². The normalized spacial score (nSPS) is 17.0. The number of sulfonamides is 1. The number of benzene rings is 2. The highest BCUT2D eigenvalue weighted by molar-refractivity contribution is 7.92. The highest BCUT2D eigenvalue weighted by atomic mass is 35.5. The van der Waals surface area contributed by atoms with Gasteiger partial charge in [0.2, 0.25) is 0 Å². The predicted molar refractivity (Wildman–Crippen MR) is 132 cm³/mol. The molecule has 1 fully saturated rings. The molecule has 0 radical (unpaired) electrons. The molecule has 3 rings (SSSR count). The fourth-order valence-electron chi connectivity index (χ4n) is 4.07.